The Morgan fingerprint density at radius 3 is 2.95 bits per heavy atom. The van der Waals surface area contributed by atoms with Crippen LogP contribution < -0.4 is 0 Å². The SMILES string of the molecule is OCc1nnn(Cc2ccccc2F)c1C1CCCO1. The number of nitrogens with zero attached hydrogens (tertiary/aromatic N) is 3. The first kappa shape index (κ1) is 13.2. The summed E-state index contributed by atoms with van der Waals surface area (Å²) in [6.45, 7) is 0.793. The molecular weight excluding hydrogens is 261 g/mol. The molecule has 106 valence electrons. The van der Waals surface area contributed by atoms with E-state index in [0.717, 1.165) is 18.5 Å². The second-order valence-corrected chi connectivity index (χ2v) is 4.83. The fourth-order valence-corrected chi connectivity index (χ4v) is 2.52. The third-order valence-electron chi connectivity index (χ3n) is 3.51. The minimum atomic E-state index is -0.271. The minimum absolute atomic E-state index is 0.112. The van der Waals surface area contributed by atoms with Crippen LogP contribution in [0.15, 0.2) is 24.3 Å². The number of rotatable bonds is 4. The molecule has 0 spiro atoms. The van der Waals surface area contributed by atoms with E-state index in [2.05, 4.69) is 10.3 Å². The largest absolute Gasteiger partial charge is 0.390 e. The molecular formula is C14H16FN3O2. The van der Waals surface area contributed by atoms with Crippen LogP contribution in [-0.4, -0.2) is 26.7 Å². The molecule has 0 saturated carbocycles. The third-order valence-corrected chi connectivity index (χ3v) is 3.51. The Labute approximate surface area is 116 Å². The third kappa shape index (κ3) is 2.44. The number of hydrogen-bond acceptors (Lipinski definition) is 4. The first-order valence-electron chi connectivity index (χ1n) is 6.67. The lowest BCUT2D eigenvalue weighted by Crippen LogP contribution is -2.12. The quantitative estimate of drug-likeness (QED) is 0.926. The van der Waals surface area contributed by atoms with Crippen molar-refractivity contribution in [1.82, 2.24) is 15.0 Å². The fraction of sp³-hybridized carbons (Fsp3) is 0.429. The molecule has 1 fully saturated rings. The summed E-state index contributed by atoms with van der Waals surface area (Å²) in [5.41, 5.74) is 1.81. The predicted molar refractivity (Wildman–Crippen MR) is 69.4 cm³/mol. The Balaban J connectivity index is 1.93. The molecule has 20 heavy (non-hydrogen) atoms. The van der Waals surface area contributed by atoms with E-state index in [-0.39, 0.29) is 25.1 Å². The Morgan fingerprint density at radius 1 is 1.40 bits per heavy atom. The van der Waals surface area contributed by atoms with Gasteiger partial charge in [0.15, 0.2) is 0 Å². The number of benzene rings is 1. The number of halogens is 1. The zero-order valence-electron chi connectivity index (χ0n) is 11.0. The highest BCUT2D eigenvalue weighted by Gasteiger charge is 2.26. The predicted octanol–water partition coefficient (Wildman–Crippen LogP) is 1.81. The number of aliphatic hydroxyl groups is 1. The summed E-state index contributed by atoms with van der Waals surface area (Å²) in [4.78, 5) is 0. The summed E-state index contributed by atoms with van der Waals surface area (Å²) in [5, 5.41) is 17.4. The molecule has 0 aliphatic carbocycles. The molecule has 1 saturated heterocycles. The second kappa shape index (κ2) is 5.68. The molecule has 2 aromatic rings. The van der Waals surface area contributed by atoms with Crippen molar-refractivity contribution < 1.29 is 14.2 Å². The molecule has 1 atom stereocenters. The van der Waals surface area contributed by atoms with E-state index in [0.29, 0.717) is 17.9 Å². The average Bonchev–Trinajstić information content (AvgIpc) is 3.09. The highest BCUT2D eigenvalue weighted by molar-refractivity contribution is 5.20. The maximum atomic E-state index is 13.7. The van der Waals surface area contributed by atoms with Gasteiger partial charge in [0.2, 0.25) is 0 Å². The number of aliphatic hydroxyl groups excluding tert-OH is 1. The van der Waals surface area contributed by atoms with Gasteiger partial charge in [0.1, 0.15) is 17.6 Å². The summed E-state index contributed by atoms with van der Waals surface area (Å²) in [5.74, 6) is -0.271. The van der Waals surface area contributed by atoms with Gasteiger partial charge < -0.3 is 9.84 Å². The van der Waals surface area contributed by atoms with Crippen LogP contribution in [0.3, 0.4) is 0 Å². The Bertz CT molecular complexity index is 594. The van der Waals surface area contributed by atoms with Gasteiger partial charge in [0.05, 0.1) is 18.8 Å². The van der Waals surface area contributed by atoms with Crippen molar-refractivity contribution in [1.29, 1.82) is 0 Å². The Morgan fingerprint density at radius 2 is 2.25 bits per heavy atom. The van der Waals surface area contributed by atoms with E-state index in [9.17, 15) is 9.50 Å². The zero-order valence-corrected chi connectivity index (χ0v) is 11.0. The summed E-state index contributed by atoms with van der Waals surface area (Å²) in [7, 11) is 0. The van der Waals surface area contributed by atoms with Crippen molar-refractivity contribution >= 4 is 0 Å². The average molecular weight is 277 g/mol. The number of hydrogen-bond donors (Lipinski definition) is 1. The van der Waals surface area contributed by atoms with Crippen molar-refractivity contribution in [3.05, 3.63) is 47.0 Å². The van der Waals surface area contributed by atoms with Crippen LogP contribution in [0.4, 0.5) is 4.39 Å². The van der Waals surface area contributed by atoms with Crippen LogP contribution in [0.1, 0.15) is 35.9 Å². The Hall–Kier alpha value is -1.79. The molecule has 1 aromatic heterocycles. The maximum absolute atomic E-state index is 13.7. The smallest absolute Gasteiger partial charge is 0.128 e. The number of aromatic nitrogens is 3. The van der Waals surface area contributed by atoms with Gasteiger partial charge in [-0.3, -0.25) is 0 Å². The highest BCUT2D eigenvalue weighted by Crippen LogP contribution is 2.30. The fourth-order valence-electron chi connectivity index (χ4n) is 2.52. The molecule has 6 heteroatoms. The Kier molecular flexibility index (Phi) is 3.75. The van der Waals surface area contributed by atoms with Crippen LogP contribution in [0, 0.1) is 5.82 Å². The molecule has 0 amide bonds. The standard InChI is InChI=1S/C14H16FN3O2/c15-11-5-2-1-4-10(11)8-18-14(12(9-19)16-17-18)13-6-3-7-20-13/h1-2,4-5,13,19H,3,6-9H2. The van der Waals surface area contributed by atoms with Crippen LogP contribution in [0.5, 0.6) is 0 Å². The monoisotopic (exact) mass is 277 g/mol. The molecule has 0 radical (unpaired) electrons. The van der Waals surface area contributed by atoms with E-state index in [1.807, 2.05) is 0 Å². The van der Waals surface area contributed by atoms with Gasteiger partial charge in [-0.15, -0.1) is 5.10 Å². The normalized spacial score (nSPS) is 18.6. The lowest BCUT2D eigenvalue weighted by Gasteiger charge is -2.13. The van der Waals surface area contributed by atoms with Gasteiger partial charge in [-0.05, 0) is 18.9 Å². The van der Waals surface area contributed by atoms with Gasteiger partial charge in [-0.2, -0.15) is 0 Å². The van der Waals surface area contributed by atoms with Crippen molar-refractivity contribution in [3.63, 3.8) is 0 Å². The zero-order chi connectivity index (χ0) is 13.9. The lowest BCUT2D eigenvalue weighted by atomic mass is 10.1. The molecule has 5 nitrogen and oxygen atoms in total. The van der Waals surface area contributed by atoms with E-state index >= 15 is 0 Å². The molecule has 1 unspecified atom stereocenters. The summed E-state index contributed by atoms with van der Waals surface area (Å²) in [6, 6.07) is 6.58. The molecule has 1 aliphatic rings. The van der Waals surface area contributed by atoms with Gasteiger partial charge >= 0.3 is 0 Å². The van der Waals surface area contributed by atoms with Crippen molar-refractivity contribution in [2.75, 3.05) is 6.61 Å². The first-order chi connectivity index (χ1) is 9.79. The van der Waals surface area contributed by atoms with Crippen LogP contribution >= 0.6 is 0 Å². The van der Waals surface area contributed by atoms with Gasteiger partial charge in [-0.25, -0.2) is 9.07 Å². The van der Waals surface area contributed by atoms with E-state index < -0.39 is 0 Å². The van der Waals surface area contributed by atoms with Gasteiger partial charge in [0.25, 0.3) is 0 Å². The van der Waals surface area contributed by atoms with E-state index in [1.54, 1.807) is 22.9 Å². The van der Waals surface area contributed by atoms with Crippen LogP contribution in [-0.2, 0) is 17.9 Å². The van der Waals surface area contributed by atoms with Crippen molar-refractivity contribution in [3.8, 4) is 0 Å². The summed E-state index contributed by atoms with van der Waals surface area (Å²) in [6.07, 6.45) is 1.73. The van der Waals surface area contributed by atoms with E-state index in [1.165, 1.54) is 6.07 Å². The molecule has 1 aliphatic heterocycles. The van der Waals surface area contributed by atoms with Crippen LogP contribution in [0.2, 0.25) is 0 Å². The van der Waals surface area contributed by atoms with Crippen molar-refractivity contribution in [2.45, 2.75) is 32.1 Å². The van der Waals surface area contributed by atoms with Gasteiger partial charge in [-0.1, -0.05) is 23.4 Å². The summed E-state index contributed by atoms with van der Waals surface area (Å²) < 4.78 is 21.0. The summed E-state index contributed by atoms with van der Waals surface area (Å²) >= 11 is 0. The molecule has 1 N–H and O–H groups in total. The van der Waals surface area contributed by atoms with Gasteiger partial charge in [0, 0.05) is 12.2 Å². The topological polar surface area (TPSA) is 60.2 Å². The number of ether oxygens (including phenoxy) is 1. The maximum Gasteiger partial charge on any atom is 0.128 e. The molecule has 3 rings (SSSR count). The van der Waals surface area contributed by atoms with E-state index in [4.69, 9.17) is 4.74 Å². The lowest BCUT2D eigenvalue weighted by molar-refractivity contribution is 0.102. The van der Waals surface area contributed by atoms with Crippen LogP contribution in [0.25, 0.3) is 0 Å². The highest BCUT2D eigenvalue weighted by atomic mass is 19.1. The van der Waals surface area contributed by atoms with Crippen molar-refractivity contribution in [2.24, 2.45) is 0 Å². The second-order valence-electron chi connectivity index (χ2n) is 4.83. The minimum Gasteiger partial charge on any atom is -0.390 e. The molecule has 1 aromatic carbocycles. The molecule has 0 bridgehead atoms. The first-order valence-corrected chi connectivity index (χ1v) is 6.67. The molecule has 2 heterocycles.